The Morgan fingerprint density at radius 3 is 0.865 bits per heavy atom. The van der Waals surface area contributed by atoms with Crippen LogP contribution in [-0.4, -0.2) is 47.4 Å². The molecule has 6 heteroatoms. The molecule has 89 heavy (non-hydrogen) atoms. The number of esters is 1. The second-order valence-electron chi connectivity index (χ2n) is 27.4. The quantitative estimate of drug-likeness (QED) is 0.0320. The van der Waals surface area contributed by atoms with Crippen LogP contribution in [0.1, 0.15) is 431 Å². The van der Waals surface area contributed by atoms with Crippen LogP contribution in [-0.2, 0) is 14.3 Å². The van der Waals surface area contributed by atoms with Gasteiger partial charge in [-0.25, -0.2) is 0 Å². The Morgan fingerprint density at radius 2 is 0.562 bits per heavy atom. The monoisotopic (exact) mass is 1250 g/mol. The lowest BCUT2D eigenvalue weighted by Gasteiger charge is -2.20. The predicted octanol–water partition coefficient (Wildman–Crippen LogP) is 26.5. The lowest BCUT2D eigenvalue weighted by Crippen LogP contribution is -2.45. The van der Waals surface area contributed by atoms with Gasteiger partial charge in [0.25, 0.3) is 0 Å². The van der Waals surface area contributed by atoms with E-state index in [1.807, 2.05) is 6.08 Å². The molecule has 0 spiro atoms. The second-order valence-corrected chi connectivity index (χ2v) is 27.4. The van der Waals surface area contributed by atoms with Gasteiger partial charge in [0.1, 0.15) is 0 Å². The van der Waals surface area contributed by atoms with Crippen molar-refractivity contribution in [2.24, 2.45) is 0 Å². The van der Waals surface area contributed by atoms with E-state index in [-0.39, 0.29) is 18.5 Å². The topological polar surface area (TPSA) is 95.9 Å². The Balaban J connectivity index is 3.42. The van der Waals surface area contributed by atoms with Crippen molar-refractivity contribution in [1.29, 1.82) is 0 Å². The first-order valence-corrected chi connectivity index (χ1v) is 40.1. The third kappa shape index (κ3) is 74.5. The lowest BCUT2D eigenvalue weighted by atomic mass is 10.0. The highest BCUT2D eigenvalue weighted by Gasteiger charge is 2.18. The molecule has 0 aliphatic rings. The van der Waals surface area contributed by atoms with Crippen molar-refractivity contribution >= 4 is 11.9 Å². The van der Waals surface area contributed by atoms with Gasteiger partial charge in [-0.15, -0.1) is 0 Å². The van der Waals surface area contributed by atoms with Gasteiger partial charge in [-0.1, -0.05) is 383 Å². The largest absolute Gasteiger partial charge is 0.466 e. The zero-order valence-corrected chi connectivity index (χ0v) is 59.9. The second kappa shape index (κ2) is 78.0. The molecule has 2 unspecified atom stereocenters. The van der Waals surface area contributed by atoms with Gasteiger partial charge in [-0.2, -0.15) is 0 Å². The van der Waals surface area contributed by atoms with E-state index in [0.29, 0.717) is 19.4 Å². The standard InChI is InChI=1S/C83H155NO5/c1-3-5-7-9-11-13-15-17-19-21-22-23-24-32-35-38-41-44-47-51-55-59-63-67-71-75-81(86)80(79-85)84-82(87)76-72-68-64-60-56-52-48-45-42-39-36-33-30-28-26-25-27-29-31-34-37-40-43-46-50-54-58-62-66-70-74-78-89-83(88)77-73-69-65-61-57-53-49-20-18-16-14-12-10-8-6-4-2/h14,16,20,27,29,34,37,49,71,75,80-81,85-86H,3-13,15,17-19,21-26,28,30-33,35-36,38-48,50-70,72-74,76-79H2,1-2H3,(H,84,87)/b16-14-,29-27-,37-34-,49-20-,75-71+. The summed E-state index contributed by atoms with van der Waals surface area (Å²) in [4.78, 5) is 24.6. The fourth-order valence-corrected chi connectivity index (χ4v) is 12.4. The molecule has 0 bridgehead atoms. The fourth-order valence-electron chi connectivity index (χ4n) is 12.4. The van der Waals surface area contributed by atoms with Gasteiger partial charge in [0, 0.05) is 12.8 Å². The van der Waals surface area contributed by atoms with E-state index in [1.54, 1.807) is 6.08 Å². The lowest BCUT2D eigenvalue weighted by molar-refractivity contribution is -0.143. The maximum atomic E-state index is 12.6. The molecule has 0 aromatic heterocycles. The third-order valence-electron chi connectivity index (χ3n) is 18.5. The van der Waals surface area contributed by atoms with E-state index in [2.05, 4.69) is 67.8 Å². The molecule has 0 fully saturated rings. The minimum absolute atomic E-state index is 0.000337. The molecule has 0 aliphatic heterocycles. The molecule has 0 radical (unpaired) electrons. The van der Waals surface area contributed by atoms with Crippen molar-refractivity contribution in [2.45, 2.75) is 443 Å². The maximum absolute atomic E-state index is 12.6. The number of hydrogen-bond acceptors (Lipinski definition) is 5. The number of aliphatic hydroxyl groups is 2. The first-order valence-electron chi connectivity index (χ1n) is 40.1. The average Bonchev–Trinajstić information content (AvgIpc) is 3.64. The molecule has 1 amide bonds. The van der Waals surface area contributed by atoms with Gasteiger partial charge in [0.05, 0.1) is 25.4 Å². The summed E-state index contributed by atoms with van der Waals surface area (Å²) in [5.74, 6) is -0.0635. The van der Waals surface area contributed by atoms with Crippen molar-refractivity contribution in [3.05, 3.63) is 60.8 Å². The normalized spacial score (nSPS) is 12.8. The van der Waals surface area contributed by atoms with Crippen LogP contribution in [0.15, 0.2) is 60.8 Å². The summed E-state index contributed by atoms with van der Waals surface area (Å²) in [5.41, 5.74) is 0. The number of carbonyl (C=O) groups excluding carboxylic acids is 2. The van der Waals surface area contributed by atoms with E-state index in [9.17, 15) is 19.8 Å². The summed E-state index contributed by atoms with van der Waals surface area (Å²) in [6.45, 7) is 4.92. The first kappa shape index (κ1) is 86.6. The van der Waals surface area contributed by atoms with Crippen LogP contribution in [0, 0.1) is 0 Å². The molecule has 522 valence electrons. The number of amides is 1. The van der Waals surface area contributed by atoms with Crippen LogP contribution in [0.2, 0.25) is 0 Å². The van der Waals surface area contributed by atoms with E-state index in [0.717, 1.165) is 57.8 Å². The van der Waals surface area contributed by atoms with Crippen molar-refractivity contribution in [3.63, 3.8) is 0 Å². The molecular weight excluding hydrogens is 1090 g/mol. The fraction of sp³-hybridized carbons (Fsp3) is 0.855. The Bertz CT molecular complexity index is 1530. The van der Waals surface area contributed by atoms with Crippen LogP contribution >= 0.6 is 0 Å². The molecule has 0 aromatic carbocycles. The Kier molecular flexibility index (Phi) is 75.9. The van der Waals surface area contributed by atoms with Crippen LogP contribution in [0.3, 0.4) is 0 Å². The zero-order chi connectivity index (χ0) is 64.2. The summed E-state index contributed by atoms with van der Waals surface area (Å²) in [6.07, 6.45) is 105. The Labute approximate surface area is 556 Å². The Morgan fingerprint density at radius 1 is 0.315 bits per heavy atom. The SMILES string of the molecule is CCCCCC/C=C\C/C=C\CCCCCCCC(=O)OCCCCCCCCCCC/C=C\C/C=C\CCCCCCCCCCCCCCCCCC(=O)NC(CO)C(O)/C=C/CCCCCCCCCCCCCCCCCCCCCCCCC. The smallest absolute Gasteiger partial charge is 0.305 e. The highest BCUT2D eigenvalue weighted by molar-refractivity contribution is 5.76. The zero-order valence-electron chi connectivity index (χ0n) is 59.9. The number of hydrogen-bond donors (Lipinski definition) is 3. The molecular formula is C83H155NO5. The van der Waals surface area contributed by atoms with Gasteiger partial charge in [0.2, 0.25) is 5.91 Å². The molecule has 0 rings (SSSR count). The number of aliphatic hydroxyl groups excluding tert-OH is 2. The summed E-state index contributed by atoms with van der Waals surface area (Å²) >= 11 is 0. The van der Waals surface area contributed by atoms with Crippen LogP contribution in [0.5, 0.6) is 0 Å². The molecule has 3 N–H and O–H groups in total. The van der Waals surface area contributed by atoms with Crippen molar-refractivity contribution in [3.8, 4) is 0 Å². The minimum Gasteiger partial charge on any atom is -0.466 e. The van der Waals surface area contributed by atoms with Gasteiger partial charge in [-0.05, 0) is 96.3 Å². The van der Waals surface area contributed by atoms with E-state index in [4.69, 9.17) is 4.74 Å². The predicted molar refractivity (Wildman–Crippen MR) is 393 cm³/mol. The molecule has 0 aliphatic carbocycles. The summed E-state index contributed by atoms with van der Waals surface area (Å²) in [7, 11) is 0. The molecule has 0 saturated carbocycles. The number of unbranched alkanes of at least 4 members (excludes halogenated alkanes) is 56. The van der Waals surface area contributed by atoms with Crippen molar-refractivity contribution in [2.75, 3.05) is 13.2 Å². The Hall–Kier alpha value is -2.44. The van der Waals surface area contributed by atoms with Gasteiger partial charge in [-0.3, -0.25) is 9.59 Å². The van der Waals surface area contributed by atoms with Gasteiger partial charge < -0.3 is 20.3 Å². The van der Waals surface area contributed by atoms with E-state index in [1.165, 1.54) is 347 Å². The number of allylic oxidation sites excluding steroid dienone is 9. The minimum atomic E-state index is -0.847. The maximum Gasteiger partial charge on any atom is 0.305 e. The molecule has 0 saturated heterocycles. The van der Waals surface area contributed by atoms with E-state index >= 15 is 0 Å². The number of rotatable bonds is 75. The van der Waals surface area contributed by atoms with Crippen LogP contribution in [0.25, 0.3) is 0 Å². The highest BCUT2D eigenvalue weighted by Crippen LogP contribution is 2.19. The van der Waals surface area contributed by atoms with Crippen LogP contribution < -0.4 is 5.32 Å². The summed E-state index contributed by atoms with van der Waals surface area (Å²) < 4.78 is 5.49. The van der Waals surface area contributed by atoms with Crippen molar-refractivity contribution < 1.29 is 24.5 Å². The van der Waals surface area contributed by atoms with Crippen LogP contribution in [0.4, 0.5) is 0 Å². The number of ether oxygens (including phenoxy) is 1. The third-order valence-corrected chi connectivity index (χ3v) is 18.5. The van der Waals surface area contributed by atoms with E-state index < -0.39 is 12.1 Å². The number of nitrogens with one attached hydrogen (secondary N) is 1. The highest BCUT2D eigenvalue weighted by atomic mass is 16.5. The molecule has 2 atom stereocenters. The van der Waals surface area contributed by atoms with Gasteiger partial charge >= 0.3 is 5.97 Å². The number of carbonyl (C=O) groups is 2. The summed E-state index contributed by atoms with van der Waals surface area (Å²) in [5, 5.41) is 23.3. The first-order chi connectivity index (χ1) is 44.0. The van der Waals surface area contributed by atoms with Gasteiger partial charge in [0.15, 0.2) is 0 Å². The summed E-state index contributed by atoms with van der Waals surface area (Å²) in [6, 6.07) is -0.630. The van der Waals surface area contributed by atoms with Crippen molar-refractivity contribution in [1.82, 2.24) is 5.32 Å². The molecule has 0 heterocycles. The molecule has 6 nitrogen and oxygen atoms in total. The average molecular weight is 1250 g/mol. The molecule has 0 aromatic rings.